The maximum atomic E-state index is 11.6. The summed E-state index contributed by atoms with van der Waals surface area (Å²) in [5.74, 6) is 0.874. The lowest BCUT2D eigenvalue weighted by atomic mass is 10.1. The van der Waals surface area contributed by atoms with E-state index in [1.807, 2.05) is 24.3 Å². The van der Waals surface area contributed by atoms with Crippen molar-refractivity contribution in [1.29, 1.82) is 0 Å². The van der Waals surface area contributed by atoms with Crippen LogP contribution in [-0.4, -0.2) is 24.3 Å². The van der Waals surface area contributed by atoms with Gasteiger partial charge in [0.25, 0.3) is 0 Å². The van der Waals surface area contributed by atoms with Gasteiger partial charge in [-0.2, -0.15) is 0 Å². The first-order chi connectivity index (χ1) is 10.7. The molecule has 1 heterocycles. The predicted octanol–water partition coefficient (Wildman–Crippen LogP) is 4.09. The Bertz CT molecular complexity index is 589. The molecule has 2 rings (SSSR count). The van der Waals surface area contributed by atoms with Gasteiger partial charge in [0.2, 0.25) is 0 Å². The second kappa shape index (κ2) is 8.22. The molecule has 0 aliphatic heterocycles. The van der Waals surface area contributed by atoms with Gasteiger partial charge in [0, 0.05) is 11.6 Å². The van der Waals surface area contributed by atoms with Crippen molar-refractivity contribution in [2.24, 2.45) is 0 Å². The number of rotatable bonds is 8. The second-order valence-corrected chi connectivity index (χ2v) is 4.88. The van der Waals surface area contributed by atoms with E-state index < -0.39 is 5.97 Å². The highest BCUT2D eigenvalue weighted by Crippen LogP contribution is 2.23. The molecule has 2 aromatic rings. The second-order valence-electron chi connectivity index (χ2n) is 4.88. The quantitative estimate of drug-likeness (QED) is 0.543. The van der Waals surface area contributed by atoms with Crippen molar-refractivity contribution >= 4 is 5.97 Å². The maximum Gasteiger partial charge on any atom is 0.360 e. The van der Waals surface area contributed by atoms with Gasteiger partial charge in [0.15, 0.2) is 11.5 Å². The van der Waals surface area contributed by atoms with Crippen molar-refractivity contribution in [2.75, 3.05) is 13.2 Å². The zero-order valence-electron chi connectivity index (χ0n) is 13.0. The molecule has 1 aromatic heterocycles. The van der Waals surface area contributed by atoms with E-state index in [0.29, 0.717) is 12.4 Å². The van der Waals surface area contributed by atoms with E-state index in [0.717, 1.165) is 24.3 Å². The lowest BCUT2D eigenvalue weighted by Gasteiger charge is -2.05. The monoisotopic (exact) mass is 303 g/mol. The van der Waals surface area contributed by atoms with Crippen LogP contribution in [0.5, 0.6) is 5.75 Å². The molecule has 0 bridgehead atoms. The minimum absolute atomic E-state index is 0.178. The Morgan fingerprint density at radius 2 is 1.95 bits per heavy atom. The molecule has 118 valence electrons. The number of ether oxygens (including phenoxy) is 2. The van der Waals surface area contributed by atoms with Crippen molar-refractivity contribution in [2.45, 2.75) is 33.1 Å². The summed E-state index contributed by atoms with van der Waals surface area (Å²) in [5, 5.41) is 3.72. The number of carbonyl (C=O) groups excluding carboxylic acids is 1. The molecule has 0 unspecified atom stereocenters. The fourth-order valence-corrected chi connectivity index (χ4v) is 1.97. The zero-order valence-corrected chi connectivity index (χ0v) is 13.0. The third kappa shape index (κ3) is 4.35. The Morgan fingerprint density at radius 3 is 2.64 bits per heavy atom. The number of carbonyl (C=O) groups is 1. The summed E-state index contributed by atoms with van der Waals surface area (Å²) in [7, 11) is 0. The average Bonchev–Trinajstić information content (AvgIpc) is 3.02. The van der Waals surface area contributed by atoms with Crippen molar-refractivity contribution in [1.82, 2.24) is 5.16 Å². The minimum Gasteiger partial charge on any atom is -0.494 e. The van der Waals surface area contributed by atoms with Gasteiger partial charge in [-0.3, -0.25) is 0 Å². The van der Waals surface area contributed by atoms with Crippen LogP contribution in [0.15, 0.2) is 34.9 Å². The summed E-state index contributed by atoms with van der Waals surface area (Å²) >= 11 is 0. The van der Waals surface area contributed by atoms with Gasteiger partial charge in [0.05, 0.1) is 13.2 Å². The topological polar surface area (TPSA) is 61.6 Å². The van der Waals surface area contributed by atoms with Crippen LogP contribution in [-0.2, 0) is 4.74 Å². The van der Waals surface area contributed by atoms with Crippen molar-refractivity contribution in [3.8, 4) is 17.1 Å². The molecule has 5 nitrogen and oxygen atoms in total. The Hall–Kier alpha value is -2.30. The first kappa shape index (κ1) is 16.1. The molecular formula is C17H21NO4. The van der Waals surface area contributed by atoms with E-state index in [1.165, 1.54) is 12.8 Å². The van der Waals surface area contributed by atoms with Gasteiger partial charge in [-0.05, 0) is 37.6 Å². The van der Waals surface area contributed by atoms with Gasteiger partial charge in [0.1, 0.15) is 5.75 Å². The minimum atomic E-state index is -0.478. The summed E-state index contributed by atoms with van der Waals surface area (Å²) in [6.45, 7) is 4.95. The third-order valence-electron chi connectivity index (χ3n) is 3.15. The Morgan fingerprint density at radius 1 is 1.18 bits per heavy atom. The molecule has 0 aliphatic rings. The fourth-order valence-electron chi connectivity index (χ4n) is 1.97. The summed E-state index contributed by atoms with van der Waals surface area (Å²) in [6.07, 6.45) is 3.41. The van der Waals surface area contributed by atoms with Gasteiger partial charge in [-0.25, -0.2) is 4.79 Å². The Balaban J connectivity index is 1.97. The molecule has 0 amide bonds. The molecule has 5 heteroatoms. The smallest absolute Gasteiger partial charge is 0.360 e. The average molecular weight is 303 g/mol. The number of hydrogen-bond acceptors (Lipinski definition) is 5. The van der Waals surface area contributed by atoms with Crippen LogP contribution >= 0.6 is 0 Å². The normalized spacial score (nSPS) is 10.5. The summed E-state index contributed by atoms with van der Waals surface area (Å²) in [4.78, 5) is 11.6. The van der Waals surface area contributed by atoms with E-state index in [9.17, 15) is 4.79 Å². The van der Waals surface area contributed by atoms with Crippen LogP contribution in [0.25, 0.3) is 11.3 Å². The highest BCUT2D eigenvalue weighted by atomic mass is 16.5. The first-order valence-corrected chi connectivity index (χ1v) is 7.61. The van der Waals surface area contributed by atoms with Crippen molar-refractivity contribution in [3.05, 3.63) is 36.0 Å². The van der Waals surface area contributed by atoms with Crippen LogP contribution in [0.3, 0.4) is 0 Å². The van der Waals surface area contributed by atoms with E-state index in [1.54, 1.807) is 13.0 Å². The largest absolute Gasteiger partial charge is 0.494 e. The Kier molecular flexibility index (Phi) is 6.01. The number of esters is 1. The van der Waals surface area contributed by atoms with Crippen LogP contribution < -0.4 is 4.74 Å². The van der Waals surface area contributed by atoms with Crippen molar-refractivity contribution in [3.63, 3.8) is 0 Å². The molecule has 0 N–H and O–H groups in total. The van der Waals surface area contributed by atoms with E-state index >= 15 is 0 Å². The molecule has 1 aromatic carbocycles. The Labute approximate surface area is 130 Å². The molecule has 0 saturated carbocycles. The van der Waals surface area contributed by atoms with Crippen LogP contribution in [0, 0.1) is 0 Å². The first-order valence-electron chi connectivity index (χ1n) is 7.61. The fraction of sp³-hybridized carbons (Fsp3) is 0.412. The molecule has 0 spiro atoms. The number of hydrogen-bond donors (Lipinski definition) is 0. The summed E-state index contributed by atoms with van der Waals surface area (Å²) in [6, 6.07) is 9.10. The number of nitrogens with zero attached hydrogens (tertiary/aromatic N) is 1. The van der Waals surface area contributed by atoms with Crippen LogP contribution in [0.4, 0.5) is 0 Å². The molecule has 0 aliphatic carbocycles. The molecular weight excluding hydrogens is 282 g/mol. The van der Waals surface area contributed by atoms with Gasteiger partial charge in [-0.1, -0.05) is 24.9 Å². The molecule has 0 fully saturated rings. The third-order valence-corrected chi connectivity index (χ3v) is 3.15. The highest BCUT2D eigenvalue weighted by Gasteiger charge is 2.14. The molecule has 22 heavy (non-hydrogen) atoms. The lowest BCUT2D eigenvalue weighted by Crippen LogP contribution is -2.04. The lowest BCUT2D eigenvalue weighted by molar-refractivity contribution is 0.0514. The van der Waals surface area contributed by atoms with Crippen LogP contribution in [0.1, 0.15) is 43.6 Å². The van der Waals surface area contributed by atoms with Crippen LogP contribution in [0.2, 0.25) is 0 Å². The van der Waals surface area contributed by atoms with Gasteiger partial charge in [-0.15, -0.1) is 0 Å². The number of aromatic nitrogens is 1. The highest BCUT2D eigenvalue weighted by molar-refractivity contribution is 5.88. The summed E-state index contributed by atoms with van der Waals surface area (Å²) in [5.41, 5.74) is 1.01. The molecule has 0 saturated heterocycles. The van der Waals surface area contributed by atoms with E-state index in [2.05, 4.69) is 12.1 Å². The van der Waals surface area contributed by atoms with Gasteiger partial charge < -0.3 is 14.0 Å². The molecule has 0 atom stereocenters. The van der Waals surface area contributed by atoms with E-state index in [4.69, 9.17) is 14.0 Å². The SMILES string of the molecule is CCCCCOc1ccc(-c2cc(C(=O)OCC)no2)cc1. The predicted molar refractivity (Wildman–Crippen MR) is 82.9 cm³/mol. The zero-order chi connectivity index (χ0) is 15.8. The molecule has 0 radical (unpaired) electrons. The number of unbranched alkanes of at least 4 members (excludes halogenated alkanes) is 2. The van der Waals surface area contributed by atoms with E-state index in [-0.39, 0.29) is 5.69 Å². The summed E-state index contributed by atoms with van der Waals surface area (Å²) < 4.78 is 15.7. The van der Waals surface area contributed by atoms with Gasteiger partial charge >= 0.3 is 5.97 Å². The maximum absolute atomic E-state index is 11.6. The van der Waals surface area contributed by atoms with Crippen molar-refractivity contribution < 1.29 is 18.8 Å². The standard InChI is InChI=1S/C17H21NO4/c1-3-5-6-11-21-14-9-7-13(8-10-14)16-12-15(18-22-16)17(19)20-4-2/h7-10,12H,3-6,11H2,1-2H3. The number of benzene rings is 1.